The van der Waals surface area contributed by atoms with E-state index in [0.717, 1.165) is 100.0 Å². The molecule has 1 N–H and O–H groups in total. The molecule has 274 valence electrons. The van der Waals surface area contributed by atoms with Crippen LogP contribution in [0.1, 0.15) is 131 Å². The van der Waals surface area contributed by atoms with Crippen LogP contribution in [0.2, 0.25) is 0 Å². The Labute approximate surface area is 300 Å². The van der Waals surface area contributed by atoms with Crippen molar-refractivity contribution in [3.63, 3.8) is 0 Å². The van der Waals surface area contributed by atoms with E-state index in [4.69, 9.17) is 18.9 Å². The summed E-state index contributed by atoms with van der Waals surface area (Å²) in [7, 11) is 2.20. The van der Waals surface area contributed by atoms with Crippen molar-refractivity contribution in [3.05, 3.63) is 66.7 Å². The van der Waals surface area contributed by atoms with Crippen molar-refractivity contribution >= 4 is 19.7 Å². The Morgan fingerprint density at radius 1 is 0.755 bits per heavy atom. The molecule has 0 aliphatic heterocycles. The monoisotopic (exact) mass is 678 g/mol. The molecule has 0 saturated heterocycles. The lowest BCUT2D eigenvalue weighted by atomic mass is 9.75. The average Bonchev–Trinajstić information content (AvgIpc) is 3.12. The molecule has 0 bridgehead atoms. The number of hydrogen-bond acceptors (Lipinski definition) is 6. The fourth-order valence-corrected chi connectivity index (χ4v) is 5.53. The highest BCUT2D eigenvalue weighted by molar-refractivity contribution is 6.14. The van der Waals surface area contributed by atoms with Crippen LogP contribution in [0.5, 0.6) is 11.5 Å². The summed E-state index contributed by atoms with van der Waals surface area (Å²) >= 11 is 0. The van der Waals surface area contributed by atoms with Gasteiger partial charge in [0.15, 0.2) is 0 Å². The van der Waals surface area contributed by atoms with Crippen LogP contribution in [0.25, 0.3) is 0 Å². The van der Waals surface area contributed by atoms with E-state index in [1.165, 1.54) is 12.8 Å². The van der Waals surface area contributed by atoms with Crippen molar-refractivity contribution in [2.24, 2.45) is 10.9 Å². The van der Waals surface area contributed by atoms with Gasteiger partial charge in [0, 0.05) is 17.6 Å². The smallest absolute Gasteiger partial charge is 0.143 e. The van der Waals surface area contributed by atoms with E-state index in [9.17, 15) is 5.11 Å². The second-order valence-electron chi connectivity index (χ2n) is 14.5. The number of unbranched alkanes of at least 4 members (excludes halogenated alkanes) is 6. The summed E-state index contributed by atoms with van der Waals surface area (Å²) in [5, 5.41) is 10.5. The van der Waals surface area contributed by atoms with Gasteiger partial charge in [0.1, 0.15) is 19.3 Å². The summed E-state index contributed by atoms with van der Waals surface area (Å²) in [6.07, 6.45) is 17.6. The Hall–Kier alpha value is -2.61. The van der Waals surface area contributed by atoms with Crippen LogP contribution in [0.3, 0.4) is 0 Å². The van der Waals surface area contributed by atoms with Gasteiger partial charge in [-0.25, -0.2) is 0 Å². The van der Waals surface area contributed by atoms with Gasteiger partial charge >= 0.3 is 0 Å². The lowest BCUT2D eigenvalue weighted by Crippen LogP contribution is -2.38. The molecule has 0 spiro atoms. The largest absolute Gasteiger partial charge is 0.494 e. The Balaban J connectivity index is 1.59. The Bertz CT molecular complexity index is 1180. The molecule has 2 aromatic rings. The predicted molar refractivity (Wildman–Crippen MR) is 210 cm³/mol. The first-order valence-corrected chi connectivity index (χ1v) is 19.1. The van der Waals surface area contributed by atoms with Gasteiger partial charge in [-0.15, -0.1) is 6.58 Å². The average molecular weight is 678 g/mol. The van der Waals surface area contributed by atoms with E-state index in [0.29, 0.717) is 19.8 Å². The Morgan fingerprint density at radius 2 is 1.31 bits per heavy atom. The molecule has 0 radical (unpaired) electrons. The highest BCUT2D eigenvalue weighted by Gasteiger charge is 2.30. The summed E-state index contributed by atoms with van der Waals surface area (Å²) < 4.78 is 24.2. The number of aliphatic hydroxyl groups is 1. The summed E-state index contributed by atoms with van der Waals surface area (Å²) in [4.78, 5) is 4.63. The molecule has 7 heteroatoms. The standard InChI is InChI=1S/C42H68BNO5/c1-8-30-48-42(43,11-4)29-17-13-15-19-31-46-38-24-20-36(21-25-38)33-44-37-22-26-39(27-23-37)47-32-18-14-12-16-28-40(6,9-2)49-34-35(5)41(7,45)10-3/h8,20-27,33,35,45H,1,9-19,28-32,34,43H2,2-7H3/b44-33+. The zero-order chi connectivity index (χ0) is 36.0. The molecular formula is C42H68BNO5. The van der Waals surface area contributed by atoms with Crippen molar-refractivity contribution in [3.8, 4) is 11.5 Å². The van der Waals surface area contributed by atoms with Crippen molar-refractivity contribution in [2.45, 2.75) is 142 Å². The lowest BCUT2D eigenvalue weighted by Gasteiger charge is -2.34. The fourth-order valence-electron chi connectivity index (χ4n) is 5.53. The normalized spacial score (nSPS) is 16.1. The van der Waals surface area contributed by atoms with E-state index in [2.05, 4.69) is 47.1 Å². The van der Waals surface area contributed by atoms with Crippen LogP contribution in [-0.4, -0.2) is 62.3 Å². The van der Waals surface area contributed by atoms with Crippen LogP contribution < -0.4 is 9.47 Å². The topological polar surface area (TPSA) is 69.5 Å². The lowest BCUT2D eigenvalue weighted by molar-refractivity contribution is -0.0968. The third-order valence-electron chi connectivity index (χ3n) is 10.3. The van der Waals surface area contributed by atoms with E-state index in [1.54, 1.807) is 0 Å². The highest BCUT2D eigenvalue weighted by atomic mass is 16.5. The highest BCUT2D eigenvalue weighted by Crippen LogP contribution is 2.28. The minimum absolute atomic E-state index is 0.0392. The quantitative estimate of drug-likeness (QED) is 0.0420. The molecule has 6 nitrogen and oxygen atoms in total. The number of hydrogen-bond donors (Lipinski definition) is 1. The van der Waals surface area contributed by atoms with E-state index < -0.39 is 5.60 Å². The third-order valence-corrected chi connectivity index (χ3v) is 10.3. The SMILES string of the molecule is BC(CC)(CCCCCCOc1ccc(/C=N/c2ccc(OCCCCCCC(C)(CC)OCC(C)C(C)(O)CC)cc2)cc1)OCC=C. The molecule has 4 unspecified atom stereocenters. The molecule has 0 heterocycles. The van der Waals surface area contributed by atoms with Gasteiger partial charge in [0.2, 0.25) is 0 Å². The van der Waals surface area contributed by atoms with Gasteiger partial charge in [0.25, 0.3) is 0 Å². The number of benzene rings is 2. The van der Waals surface area contributed by atoms with Crippen LogP contribution in [0.4, 0.5) is 5.69 Å². The van der Waals surface area contributed by atoms with E-state index >= 15 is 0 Å². The molecule has 0 aromatic heterocycles. The van der Waals surface area contributed by atoms with Crippen molar-refractivity contribution < 1.29 is 24.1 Å². The molecule has 0 aliphatic carbocycles. The molecule has 0 saturated carbocycles. The van der Waals surface area contributed by atoms with Crippen molar-refractivity contribution in [1.29, 1.82) is 0 Å². The summed E-state index contributed by atoms with van der Waals surface area (Å²) in [6.45, 7) is 19.0. The van der Waals surface area contributed by atoms with Gasteiger partial charge in [-0.2, -0.15) is 0 Å². The molecule has 49 heavy (non-hydrogen) atoms. The second kappa shape index (κ2) is 23.0. The van der Waals surface area contributed by atoms with Crippen molar-refractivity contribution in [1.82, 2.24) is 0 Å². The first-order chi connectivity index (χ1) is 23.5. The predicted octanol–water partition coefficient (Wildman–Crippen LogP) is 10.0. The number of rotatable bonds is 28. The summed E-state index contributed by atoms with van der Waals surface area (Å²) in [5.41, 5.74) is 1.09. The maximum Gasteiger partial charge on any atom is 0.143 e. The summed E-state index contributed by atoms with van der Waals surface area (Å²) in [6, 6.07) is 16.1. The van der Waals surface area contributed by atoms with Gasteiger partial charge in [-0.1, -0.05) is 72.3 Å². The van der Waals surface area contributed by atoms with Crippen molar-refractivity contribution in [2.75, 3.05) is 26.4 Å². The van der Waals surface area contributed by atoms with Gasteiger partial charge in [-0.05, 0) is 113 Å². The Morgan fingerprint density at radius 3 is 1.84 bits per heavy atom. The van der Waals surface area contributed by atoms with Crippen LogP contribution in [0.15, 0.2) is 66.2 Å². The number of ether oxygens (including phenoxy) is 4. The zero-order valence-electron chi connectivity index (χ0n) is 32.1. The van der Waals surface area contributed by atoms with Gasteiger partial charge in [0.05, 0.1) is 43.3 Å². The van der Waals surface area contributed by atoms with Gasteiger partial charge < -0.3 is 24.1 Å². The van der Waals surface area contributed by atoms with Crippen LogP contribution >= 0.6 is 0 Å². The maximum absolute atomic E-state index is 10.5. The molecule has 2 rings (SSSR count). The minimum Gasteiger partial charge on any atom is -0.494 e. The maximum atomic E-state index is 10.5. The molecule has 4 atom stereocenters. The first kappa shape index (κ1) is 42.6. The molecule has 2 aromatic carbocycles. The minimum atomic E-state index is -0.675. The summed E-state index contributed by atoms with van der Waals surface area (Å²) in [5.74, 6) is 1.89. The van der Waals surface area contributed by atoms with Crippen LogP contribution in [-0.2, 0) is 9.47 Å². The van der Waals surface area contributed by atoms with Gasteiger partial charge in [-0.3, -0.25) is 4.99 Å². The number of nitrogens with zero attached hydrogens (tertiary/aromatic N) is 1. The Kier molecular flexibility index (Phi) is 20.0. The fraction of sp³-hybridized carbons (Fsp3) is 0.643. The number of aliphatic imine (C=N–C) groups is 1. The molecule has 0 amide bonds. The van der Waals surface area contributed by atoms with E-state index in [1.807, 2.05) is 74.7 Å². The molecule has 0 fully saturated rings. The second-order valence-corrected chi connectivity index (χ2v) is 14.5. The first-order valence-electron chi connectivity index (χ1n) is 19.1. The molecule has 0 aliphatic rings. The van der Waals surface area contributed by atoms with Crippen LogP contribution in [0, 0.1) is 5.92 Å². The van der Waals surface area contributed by atoms with E-state index in [-0.39, 0.29) is 17.0 Å². The third kappa shape index (κ3) is 17.3. The zero-order valence-corrected chi connectivity index (χ0v) is 32.1. The molecular weight excluding hydrogens is 609 g/mol.